The van der Waals surface area contributed by atoms with Gasteiger partial charge in [0.2, 0.25) is 5.91 Å². The summed E-state index contributed by atoms with van der Waals surface area (Å²) >= 11 is 1.04. The fourth-order valence-corrected chi connectivity index (χ4v) is 1.62. The van der Waals surface area contributed by atoms with E-state index in [0.29, 0.717) is 6.61 Å². The van der Waals surface area contributed by atoms with Crippen molar-refractivity contribution in [1.29, 1.82) is 0 Å². The Bertz CT molecular complexity index is 282. The van der Waals surface area contributed by atoms with Crippen LogP contribution in [-0.2, 0) is 19.1 Å². The molecular formula is C10H17NO5S. The number of carbonyl (C=O) groups is 3. The molecule has 0 bridgehead atoms. The van der Waals surface area contributed by atoms with Gasteiger partial charge in [0.05, 0.1) is 24.5 Å². The molecule has 0 spiro atoms. The van der Waals surface area contributed by atoms with Gasteiger partial charge in [-0.2, -0.15) is 0 Å². The molecule has 7 heteroatoms. The van der Waals surface area contributed by atoms with E-state index in [1.54, 1.807) is 14.0 Å². The monoisotopic (exact) mass is 263 g/mol. The number of esters is 1. The van der Waals surface area contributed by atoms with Gasteiger partial charge >= 0.3 is 11.9 Å². The second-order valence-electron chi connectivity index (χ2n) is 3.26. The highest BCUT2D eigenvalue weighted by Crippen LogP contribution is 2.02. The molecule has 0 radical (unpaired) electrons. The van der Waals surface area contributed by atoms with Crippen LogP contribution in [0.3, 0.4) is 0 Å². The minimum Gasteiger partial charge on any atom is -0.481 e. The first-order chi connectivity index (χ1) is 7.97. The topological polar surface area (TPSA) is 83.9 Å². The Balaban J connectivity index is 3.74. The molecule has 1 amide bonds. The zero-order valence-electron chi connectivity index (χ0n) is 9.97. The second kappa shape index (κ2) is 8.86. The molecule has 6 nitrogen and oxygen atoms in total. The number of hydrogen-bond donors (Lipinski definition) is 1. The van der Waals surface area contributed by atoms with Gasteiger partial charge < -0.3 is 14.7 Å². The number of rotatable bonds is 8. The summed E-state index contributed by atoms with van der Waals surface area (Å²) in [4.78, 5) is 34.1. The van der Waals surface area contributed by atoms with Crippen LogP contribution in [0.1, 0.15) is 13.3 Å². The number of amides is 1. The number of ether oxygens (including phenoxy) is 1. The van der Waals surface area contributed by atoms with Crippen LogP contribution in [0.25, 0.3) is 0 Å². The summed E-state index contributed by atoms with van der Waals surface area (Å²) < 4.78 is 4.72. The van der Waals surface area contributed by atoms with Gasteiger partial charge in [-0.3, -0.25) is 14.4 Å². The molecule has 1 N–H and O–H groups in total. The predicted molar refractivity (Wildman–Crippen MR) is 63.8 cm³/mol. The average Bonchev–Trinajstić information content (AvgIpc) is 2.25. The van der Waals surface area contributed by atoms with E-state index in [0.717, 1.165) is 11.8 Å². The molecule has 0 saturated heterocycles. The normalized spacial score (nSPS) is 9.76. The van der Waals surface area contributed by atoms with Crippen LogP contribution in [0.15, 0.2) is 0 Å². The lowest BCUT2D eigenvalue weighted by atomic mass is 10.4. The fraction of sp³-hybridized carbons (Fsp3) is 0.700. The van der Waals surface area contributed by atoms with Crippen LogP contribution in [0, 0.1) is 0 Å². The summed E-state index contributed by atoms with van der Waals surface area (Å²) in [6.45, 7) is 2.32. The van der Waals surface area contributed by atoms with Crippen LogP contribution >= 0.6 is 11.8 Å². The molecule has 0 unspecified atom stereocenters. The van der Waals surface area contributed by atoms with Gasteiger partial charge in [-0.15, -0.1) is 11.8 Å². The molecule has 0 aliphatic rings. The van der Waals surface area contributed by atoms with Crippen molar-refractivity contribution in [2.45, 2.75) is 13.3 Å². The Morgan fingerprint density at radius 1 is 1.29 bits per heavy atom. The van der Waals surface area contributed by atoms with Crippen LogP contribution in [-0.4, -0.2) is 59.6 Å². The maximum absolute atomic E-state index is 11.5. The summed E-state index contributed by atoms with van der Waals surface area (Å²) in [5.74, 6) is -1.48. The minimum atomic E-state index is -0.947. The summed E-state index contributed by atoms with van der Waals surface area (Å²) in [6, 6.07) is 0. The van der Waals surface area contributed by atoms with Gasteiger partial charge in [0.15, 0.2) is 0 Å². The van der Waals surface area contributed by atoms with Gasteiger partial charge in [0.1, 0.15) is 0 Å². The van der Waals surface area contributed by atoms with Crippen molar-refractivity contribution >= 4 is 29.6 Å². The van der Waals surface area contributed by atoms with Gasteiger partial charge in [-0.05, 0) is 6.92 Å². The lowest BCUT2D eigenvalue weighted by molar-refractivity contribution is -0.143. The van der Waals surface area contributed by atoms with E-state index in [4.69, 9.17) is 9.84 Å². The number of nitrogens with zero attached hydrogens (tertiary/aromatic N) is 1. The Labute approximate surface area is 104 Å². The van der Waals surface area contributed by atoms with Gasteiger partial charge in [-0.25, -0.2) is 0 Å². The lowest BCUT2D eigenvalue weighted by Gasteiger charge is -2.16. The minimum absolute atomic E-state index is 0.0997. The molecule has 0 aromatic heterocycles. The Morgan fingerprint density at radius 2 is 1.94 bits per heavy atom. The highest BCUT2D eigenvalue weighted by atomic mass is 32.2. The van der Waals surface area contributed by atoms with Crippen molar-refractivity contribution in [2.24, 2.45) is 0 Å². The molecule has 0 aliphatic heterocycles. The van der Waals surface area contributed by atoms with Crippen LogP contribution in [0.4, 0.5) is 0 Å². The van der Waals surface area contributed by atoms with Crippen molar-refractivity contribution in [3.05, 3.63) is 0 Å². The summed E-state index contributed by atoms with van der Waals surface area (Å²) in [5, 5.41) is 8.39. The molecule has 0 heterocycles. The highest BCUT2D eigenvalue weighted by Gasteiger charge is 2.11. The SMILES string of the molecule is CCOC(=O)CCN(C)C(=O)CSCC(=O)O. The summed E-state index contributed by atoms with van der Waals surface area (Å²) in [6.07, 6.45) is 0.152. The maximum Gasteiger partial charge on any atom is 0.313 e. The number of hydrogen-bond acceptors (Lipinski definition) is 5. The first-order valence-electron chi connectivity index (χ1n) is 5.16. The van der Waals surface area contributed by atoms with Crippen LogP contribution in [0.2, 0.25) is 0 Å². The molecular weight excluding hydrogens is 246 g/mol. The standard InChI is InChI=1S/C10H17NO5S/c1-3-16-10(15)4-5-11(2)8(12)6-17-7-9(13)14/h3-7H2,1-2H3,(H,13,14). The van der Waals surface area contributed by atoms with Gasteiger partial charge in [0, 0.05) is 13.6 Å². The van der Waals surface area contributed by atoms with E-state index < -0.39 is 5.97 Å². The molecule has 0 rings (SSSR count). The number of carboxylic acid groups (broad SMARTS) is 1. The number of thioether (sulfide) groups is 1. The zero-order chi connectivity index (χ0) is 13.3. The third kappa shape index (κ3) is 8.56. The van der Waals surface area contributed by atoms with E-state index in [-0.39, 0.29) is 36.3 Å². The fourth-order valence-electron chi connectivity index (χ4n) is 0.953. The first-order valence-corrected chi connectivity index (χ1v) is 6.32. The smallest absolute Gasteiger partial charge is 0.313 e. The summed E-state index contributed by atoms with van der Waals surface area (Å²) in [7, 11) is 1.57. The molecule has 98 valence electrons. The van der Waals surface area contributed by atoms with E-state index in [2.05, 4.69) is 0 Å². The molecule has 0 aromatic rings. The lowest BCUT2D eigenvalue weighted by Crippen LogP contribution is -2.31. The molecule has 0 atom stereocenters. The zero-order valence-corrected chi connectivity index (χ0v) is 10.8. The molecule has 0 aromatic carbocycles. The van der Waals surface area contributed by atoms with Crippen molar-refractivity contribution in [3.8, 4) is 0 Å². The van der Waals surface area contributed by atoms with E-state index in [1.165, 1.54) is 4.90 Å². The molecule has 17 heavy (non-hydrogen) atoms. The van der Waals surface area contributed by atoms with E-state index in [9.17, 15) is 14.4 Å². The number of aliphatic carboxylic acids is 1. The second-order valence-corrected chi connectivity index (χ2v) is 4.24. The number of carbonyl (C=O) groups excluding carboxylic acids is 2. The van der Waals surface area contributed by atoms with E-state index in [1.807, 2.05) is 0 Å². The molecule has 0 fully saturated rings. The molecule has 0 saturated carbocycles. The highest BCUT2D eigenvalue weighted by molar-refractivity contribution is 8.00. The largest absolute Gasteiger partial charge is 0.481 e. The predicted octanol–water partition coefficient (Wildman–Crippen LogP) is 0.216. The molecule has 0 aliphatic carbocycles. The van der Waals surface area contributed by atoms with E-state index >= 15 is 0 Å². The van der Waals surface area contributed by atoms with Crippen molar-refractivity contribution < 1.29 is 24.2 Å². The van der Waals surface area contributed by atoms with Crippen molar-refractivity contribution in [1.82, 2.24) is 4.90 Å². The third-order valence-electron chi connectivity index (χ3n) is 1.83. The average molecular weight is 263 g/mol. The van der Waals surface area contributed by atoms with Crippen LogP contribution in [0.5, 0.6) is 0 Å². The van der Waals surface area contributed by atoms with Gasteiger partial charge in [0.25, 0.3) is 0 Å². The Hall–Kier alpha value is -1.24. The Kier molecular flexibility index (Phi) is 8.21. The summed E-state index contributed by atoms with van der Waals surface area (Å²) in [5.41, 5.74) is 0. The first kappa shape index (κ1) is 15.8. The van der Waals surface area contributed by atoms with Crippen LogP contribution < -0.4 is 0 Å². The van der Waals surface area contributed by atoms with Gasteiger partial charge in [-0.1, -0.05) is 0 Å². The maximum atomic E-state index is 11.5. The number of carboxylic acids is 1. The quantitative estimate of drug-likeness (QED) is 0.630. The van der Waals surface area contributed by atoms with Crippen molar-refractivity contribution in [2.75, 3.05) is 31.7 Å². The Morgan fingerprint density at radius 3 is 2.47 bits per heavy atom. The third-order valence-corrected chi connectivity index (χ3v) is 2.74. The van der Waals surface area contributed by atoms with Crippen molar-refractivity contribution in [3.63, 3.8) is 0 Å².